The predicted octanol–water partition coefficient (Wildman–Crippen LogP) is 3.67. The molecule has 19 heavy (non-hydrogen) atoms. The molecule has 0 amide bonds. The van der Waals surface area contributed by atoms with Gasteiger partial charge in [0.2, 0.25) is 0 Å². The highest BCUT2D eigenvalue weighted by atomic mass is 79.9. The minimum absolute atomic E-state index is 0.0648. The van der Waals surface area contributed by atoms with Crippen LogP contribution in [0.5, 0.6) is 0 Å². The molecule has 1 aromatic carbocycles. The molecule has 0 fully saturated rings. The van der Waals surface area contributed by atoms with E-state index < -0.39 is 4.92 Å². The summed E-state index contributed by atoms with van der Waals surface area (Å²) in [5.41, 5.74) is 3.12. The molecule has 5 nitrogen and oxygen atoms in total. The molecule has 0 aliphatic heterocycles. The van der Waals surface area contributed by atoms with Gasteiger partial charge in [0.15, 0.2) is 0 Å². The Labute approximate surface area is 119 Å². The van der Waals surface area contributed by atoms with Gasteiger partial charge >= 0.3 is 0 Å². The molecule has 0 aliphatic rings. The number of rotatable bonds is 4. The number of nitro groups is 1. The number of benzene rings is 1. The van der Waals surface area contributed by atoms with Crippen LogP contribution < -0.4 is 5.32 Å². The fourth-order valence-corrected chi connectivity index (χ4v) is 2.14. The summed E-state index contributed by atoms with van der Waals surface area (Å²) in [6.45, 7) is 2.64. The third kappa shape index (κ3) is 3.29. The van der Waals surface area contributed by atoms with E-state index in [2.05, 4.69) is 26.2 Å². The van der Waals surface area contributed by atoms with E-state index in [0.717, 1.165) is 16.8 Å². The Bertz CT molecular complexity index is 617. The van der Waals surface area contributed by atoms with Gasteiger partial charge in [0, 0.05) is 41.2 Å². The van der Waals surface area contributed by atoms with Crippen LogP contribution in [0.25, 0.3) is 0 Å². The molecular formula is C13H12BrN3O2. The molecule has 0 spiro atoms. The number of nitrogens with zero attached hydrogens (tertiary/aromatic N) is 2. The highest BCUT2D eigenvalue weighted by Crippen LogP contribution is 2.27. The van der Waals surface area contributed by atoms with Crippen LogP contribution in [-0.4, -0.2) is 9.91 Å². The molecule has 0 saturated heterocycles. The van der Waals surface area contributed by atoms with Crippen LogP contribution >= 0.6 is 15.9 Å². The number of hydrogen-bond donors (Lipinski definition) is 1. The Morgan fingerprint density at radius 2 is 2.21 bits per heavy atom. The van der Waals surface area contributed by atoms with Crippen molar-refractivity contribution >= 4 is 27.3 Å². The second-order valence-corrected chi connectivity index (χ2v) is 4.93. The lowest BCUT2D eigenvalue weighted by Crippen LogP contribution is -2.02. The zero-order valence-electron chi connectivity index (χ0n) is 10.3. The molecule has 98 valence electrons. The van der Waals surface area contributed by atoms with Crippen molar-refractivity contribution in [1.29, 1.82) is 0 Å². The van der Waals surface area contributed by atoms with E-state index in [1.54, 1.807) is 12.3 Å². The van der Waals surface area contributed by atoms with Gasteiger partial charge in [-0.15, -0.1) is 0 Å². The second kappa shape index (κ2) is 5.79. The van der Waals surface area contributed by atoms with Crippen LogP contribution in [0, 0.1) is 17.0 Å². The van der Waals surface area contributed by atoms with Crippen molar-refractivity contribution in [2.75, 3.05) is 5.32 Å². The van der Waals surface area contributed by atoms with E-state index >= 15 is 0 Å². The topological polar surface area (TPSA) is 68.1 Å². The lowest BCUT2D eigenvalue weighted by atomic mass is 10.1. The number of aryl methyl sites for hydroxylation is 1. The van der Waals surface area contributed by atoms with Gasteiger partial charge in [0.05, 0.1) is 4.92 Å². The number of nitrogens with one attached hydrogen (secondary N) is 1. The Kier molecular flexibility index (Phi) is 4.11. The van der Waals surface area contributed by atoms with Gasteiger partial charge in [-0.25, -0.2) is 0 Å². The summed E-state index contributed by atoms with van der Waals surface area (Å²) in [6, 6.07) is 6.59. The average molecular weight is 322 g/mol. The SMILES string of the molecule is Cc1ccncc1CNc1ccc([N+](=O)[O-])cc1Br. The zero-order chi connectivity index (χ0) is 13.8. The first kappa shape index (κ1) is 13.5. The van der Waals surface area contributed by atoms with Crippen molar-refractivity contribution in [2.24, 2.45) is 0 Å². The number of anilines is 1. The monoisotopic (exact) mass is 321 g/mol. The standard InChI is InChI=1S/C13H12BrN3O2/c1-9-4-5-15-7-10(9)8-16-13-3-2-11(17(18)19)6-12(13)14/h2-7,16H,8H2,1H3. The van der Waals surface area contributed by atoms with Gasteiger partial charge < -0.3 is 5.32 Å². The molecule has 1 aromatic heterocycles. The molecule has 2 rings (SSSR count). The number of hydrogen-bond acceptors (Lipinski definition) is 4. The van der Waals surface area contributed by atoms with E-state index in [4.69, 9.17) is 0 Å². The van der Waals surface area contributed by atoms with Crippen molar-refractivity contribution in [2.45, 2.75) is 13.5 Å². The maximum Gasteiger partial charge on any atom is 0.270 e. The van der Waals surface area contributed by atoms with Gasteiger partial charge in [-0.05, 0) is 46.1 Å². The molecule has 0 aliphatic carbocycles. The van der Waals surface area contributed by atoms with Crippen molar-refractivity contribution in [3.63, 3.8) is 0 Å². The van der Waals surface area contributed by atoms with E-state index in [1.807, 2.05) is 19.2 Å². The van der Waals surface area contributed by atoms with Crippen LogP contribution in [0.3, 0.4) is 0 Å². The Hall–Kier alpha value is -1.95. The molecule has 0 atom stereocenters. The normalized spacial score (nSPS) is 10.2. The number of non-ortho nitro benzene ring substituents is 1. The summed E-state index contributed by atoms with van der Waals surface area (Å²) in [7, 11) is 0. The Balaban J connectivity index is 2.12. The number of nitro benzene ring substituents is 1. The van der Waals surface area contributed by atoms with Crippen LogP contribution in [-0.2, 0) is 6.54 Å². The number of aromatic nitrogens is 1. The smallest absolute Gasteiger partial charge is 0.270 e. The molecule has 6 heteroatoms. The van der Waals surface area contributed by atoms with Crippen molar-refractivity contribution in [3.05, 3.63) is 62.4 Å². The summed E-state index contributed by atoms with van der Waals surface area (Å²) in [5, 5.41) is 13.9. The molecule has 0 radical (unpaired) electrons. The zero-order valence-corrected chi connectivity index (χ0v) is 11.8. The first-order chi connectivity index (χ1) is 9.08. The molecule has 1 heterocycles. The highest BCUT2D eigenvalue weighted by Gasteiger charge is 2.09. The lowest BCUT2D eigenvalue weighted by molar-refractivity contribution is -0.384. The second-order valence-electron chi connectivity index (χ2n) is 4.08. The number of pyridine rings is 1. The predicted molar refractivity (Wildman–Crippen MR) is 77.1 cm³/mol. The molecule has 2 aromatic rings. The van der Waals surface area contributed by atoms with Gasteiger partial charge in [0.25, 0.3) is 5.69 Å². The first-order valence-electron chi connectivity index (χ1n) is 5.65. The van der Waals surface area contributed by atoms with Crippen molar-refractivity contribution in [3.8, 4) is 0 Å². The fraction of sp³-hybridized carbons (Fsp3) is 0.154. The number of halogens is 1. The van der Waals surface area contributed by atoms with Gasteiger partial charge in [-0.3, -0.25) is 15.1 Å². The molecule has 0 bridgehead atoms. The molecular weight excluding hydrogens is 310 g/mol. The maximum atomic E-state index is 10.6. The maximum absolute atomic E-state index is 10.6. The quantitative estimate of drug-likeness (QED) is 0.689. The highest BCUT2D eigenvalue weighted by molar-refractivity contribution is 9.10. The van der Waals surface area contributed by atoms with Crippen molar-refractivity contribution in [1.82, 2.24) is 4.98 Å². The van der Waals surface area contributed by atoms with Gasteiger partial charge in [0.1, 0.15) is 0 Å². The fourth-order valence-electron chi connectivity index (χ4n) is 1.63. The molecule has 1 N–H and O–H groups in total. The summed E-state index contributed by atoms with van der Waals surface area (Å²) in [5.74, 6) is 0. The van der Waals surface area contributed by atoms with E-state index in [1.165, 1.54) is 12.1 Å². The van der Waals surface area contributed by atoms with Crippen molar-refractivity contribution < 1.29 is 4.92 Å². The van der Waals surface area contributed by atoms with E-state index in [-0.39, 0.29) is 5.69 Å². The van der Waals surface area contributed by atoms with Gasteiger partial charge in [-0.1, -0.05) is 0 Å². The largest absolute Gasteiger partial charge is 0.380 e. The summed E-state index contributed by atoms with van der Waals surface area (Å²) in [4.78, 5) is 14.3. The van der Waals surface area contributed by atoms with Crippen LogP contribution in [0.4, 0.5) is 11.4 Å². The third-order valence-corrected chi connectivity index (χ3v) is 3.44. The lowest BCUT2D eigenvalue weighted by Gasteiger charge is -2.10. The van der Waals surface area contributed by atoms with Crippen LogP contribution in [0.2, 0.25) is 0 Å². The Morgan fingerprint density at radius 1 is 1.42 bits per heavy atom. The third-order valence-electron chi connectivity index (χ3n) is 2.78. The van der Waals surface area contributed by atoms with Crippen LogP contribution in [0.15, 0.2) is 41.1 Å². The molecule has 0 unspecified atom stereocenters. The summed E-state index contributed by atoms with van der Waals surface area (Å²) in [6.07, 6.45) is 3.56. The van der Waals surface area contributed by atoms with E-state index in [0.29, 0.717) is 11.0 Å². The average Bonchev–Trinajstić information content (AvgIpc) is 2.39. The summed E-state index contributed by atoms with van der Waals surface area (Å²) < 4.78 is 0.670. The van der Waals surface area contributed by atoms with Gasteiger partial charge in [-0.2, -0.15) is 0 Å². The molecule has 0 saturated carbocycles. The minimum atomic E-state index is -0.417. The summed E-state index contributed by atoms with van der Waals surface area (Å²) >= 11 is 3.32. The van der Waals surface area contributed by atoms with E-state index in [9.17, 15) is 10.1 Å². The van der Waals surface area contributed by atoms with Crippen LogP contribution in [0.1, 0.15) is 11.1 Å². The first-order valence-corrected chi connectivity index (χ1v) is 6.44. The Morgan fingerprint density at radius 3 is 2.84 bits per heavy atom. The minimum Gasteiger partial charge on any atom is -0.380 e.